The van der Waals surface area contributed by atoms with Gasteiger partial charge >= 0.3 is 5.97 Å². The zero-order valence-corrected chi connectivity index (χ0v) is 13.2. The zero-order chi connectivity index (χ0) is 15.6. The number of hydrogen-bond acceptors (Lipinski definition) is 6. The Kier molecular flexibility index (Phi) is 4.63. The van der Waals surface area contributed by atoms with Gasteiger partial charge in [0, 0.05) is 31.6 Å². The van der Waals surface area contributed by atoms with Gasteiger partial charge in [-0.1, -0.05) is 25.9 Å². The van der Waals surface area contributed by atoms with Crippen LogP contribution in [0.25, 0.3) is 0 Å². The second-order valence-electron chi connectivity index (χ2n) is 6.59. The zero-order valence-electron chi connectivity index (χ0n) is 13.2. The lowest BCUT2D eigenvalue weighted by Crippen LogP contribution is -2.51. The van der Waals surface area contributed by atoms with Crippen LogP contribution in [0.3, 0.4) is 0 Å². The van der Waals surface area contributed by atoms with E-state index in [-0.39, 0.29) is 5.41 Å². The minimum Gasteiger partial charge on any atom is -0.480 e. The van der Waals surface area contributed by atoms with Gasteiger partial charge in [0.15, 0.2) is 5.82 Å². The van der Waals surface area contributed by atoms with E-state index in [4.69, 9.17) is 9.63 Å². The molecule has 0 aliphatic carbocycles. The van der Waals surface area contributed by atoms with Crippen molar-refractivity contribution in [3.8, 4) is 0 Å². The summed E-state index contributed by atoms with van der Waals surface area (Å²) in [6.07, 6.45) is 0. The third kappa shape index (κ3) is 4.01. The van der Waals surface area contributed by atoms with Crippen molar-refractivity contribution in [1.82, 2.24) is 19.9 Å². The lowest BCUT2D eigenvalue weighted by atomic mass is 9.96. The smallest absolute Gasteiger partial charge is 0.320 e. The van der Waals surface area contributed by atoms with Crippen LogP contribution in [-0.4, -0.2) is 63.2 Å². The first-order valence-corrected chi connectivity index (χ1v) is 7.29. The summed E-state index contributed by atoms with van der Waals surface area (Å²) in [5.41, 5.74) is -0.114. The molecule has 1 saturated heterocycles. The van der Waals surface area contributed by atoms with E-state index < -0.39 is 12.0 Å². The van der Waals surface area contributed by atoms with E-state index in [0.717, 1.165) is 32.0 Å². The largest absolute Gasteiger partial charge is 0.480 e. The number of aliphatic carboxylic acids is 1. The van der Waals surface area contributed by atoms with Crippen LogP contribution in [0, 0.1) is 0 Å². The predicted molar refractivity (Wildman–Crippen MR) is 76.9 cm³/mol. The van der Waals surface area contributed by atoms with Gasteiger partial charge in [-0.3, -0.25) is 14.6 Å². The standard InChI is InChI=1S/C14H24N4O3/c1-10(12(19)20)18-7-5-17(6-8-18)9-11-15-13(16-21-11)14(2,3)4/h10H,5-9H2,1-4H3,(H,19,20). The summed E-state index contributed by atoms with van der Waals surface area (Å²) in [7, 11) is 0. The summed E-state index contributed by atoms with van der Waals surface area (Å²) in [5.74, 6) is 0.575. The van der Waals surface area contributed by atoms with Gasteiger partial charge in [-0.05, 0) is 6.92 Å². The summed E-state index contributed by atoms with van der Waals surface area (Å²) in [4.78, 5) is 19.6. The maximum Gasteiger partial charge on any atom is 0.320 e. The van der Waals surface area contributed by atoms with Crippen molar-refractivity contribution < 1.29 is 14.4 Å². The van der Waals surface area contributed by atoms with Crippen LogP contribution in [0.15, 0.2) is 4.52 Å². The van der Waals surface area contributed by atoms with Gasteiger partial charge in [0.25, 0.3) is 0 Å². The third-order valence-electron chi connectivity index (χ3n) is 3.81. The summed E-state index contributed by atoms with van der Waals surface area (Å²) in [6.45, 7) is 11.6. The molecule has 0 aromatic carbocycles. The Balaban J connectivity index is 1.86. The van der Waals surface area contributed by atoms with Gasteiger partial charge < -0.3 is 9.63 Å². The van der Waals surface area contributed by atoms with Crippen LogP contribution in [0.4, 0.5) is 0 Å². The van der Waals surface area contributed by atoms with Gasteiger partial charge in [-0.2, -0.15) is 4.98 Å². The molecule has 2 rings (SSSR count). The van der Waals surface area contributed by atoms with Crippen molar-refractivity contribution in [1.29, 1.82) is 0 Å². The van der Waals surface area contributed by atoms with Gasteiger partial charge in [0.1, 0.15) is 6.04 Å². The Morgan fingerprint density at radius 2 is 1.95 bits per heavy atom. The van der Waals surface area contributed by atoms with E-state index in [1.54, 1.807) is 6.92 Å². The predicted octanol–water partition coefficient (Wildman–Crippen LogP) is 0.958. The van der Waals surface area contributed by atoms with E-state index in [1.807, 2.05) is 25.7 Å². The van der Waals surface area contributed by atoms with Gasteiger partial charge in [-0.15, -0.1) is 0 Å². The van der Waals surface area contributed by atoms with Crippen LogP contribution < -0.4 is 0 Å². The fourth-order valence-corrected chi connectivity index (χ4v) is 2.28. The molecule has 0 bridgehead atoms. The van der Waals surface area contributed by atoms with Gasteiger partial charge in [-0.25, -0.2) is 0 Å². The number of carbonyl (C=O) groups is 1. The third-order valence-corrected chi connectivity index (χ3v) is 3.81. The monoisotopic (exact) mass is 296 g/mol. The van der Waals surface area contributed by atoms with Crippen molar-refractivity contribution in [2.45, 2.75) is 45.7 Å². The van der Waals surface area contributed by atoms with E-state index >= 15 is 0 Å². The number of carboxylic acids is 1. The van der Waals surface area contributed by atoms with E-state index in [1.165, 1.54) is 0 Å². The molecule has 0 saturated carbocycles. The number of piperazine rings is 1. The van der Waals surface area contributed by atoms with Crippen molar-refractivity contribution in [3.05, 3.63) is 11.7 Å². The fraction of sp³-hybridized carbons (Fsp3) is 0.786. The molecular weight excluding hydrogens is 272 g/mol. The van der Waals surface area contributed by atoms with E-state index in [9.17, 15) is 4.79 Å². The van der Waals surface area contributed by atoms with Gasteiger partial charge in [0.2, 0.25) is 5.89 Å². The molecule has 1 fully saturated rings. The average molecular weight is 296 g/mol. The molecule has 1 aromatic rings. The molecule has 1 atom stereocenters. The topological polar surface area (TPSA) is 82.7 Å². The maximum absolute atomic E-state index is 11.0. The van der Waals surface area contributed by atoms with Crippen molar-refractivity contribution in [2.75, 3.05) is 26.2 Å². The highest BCUT2D eigenvalue weighted by Gasteiger charge is 2.26. The summed E-state index contributed by atoms with van der Waals surface area (Å²) in [6, 6.07) is -0.428. The van der Waals surface area contributed by atoms with Crippen LogP contribution in [0.2, 0.25) is 0 Å². The molecule has 1 aliphatic heterocycles. The number of carboxylic acid groups (broad SMARTS) is 1. The second kappa shape index (κ2) is 6.11. The van der Waals surface area contributed by atoms with Crippen LogP contribution in [0.5, 0.6) is 0 Å². The Morgan fingerprint density at radius 3 is 2.43 bits per heavy atom. The number of nitrogens with zero attached hydrogens (tertiary/aromatic N) is 4. The molecule has 0 amide bonds. The molecule has 21 heavy (non-hydrogen) atoms. The molecular formula is C14H24N4O3. The summed E-state index contributed by atoms with van der Waals surface area (Å²) >= 11 is 0. The molecule has 0 radical (unpaired) electrons. The van der Waals surface area contributed by atoms with E-state index in [2.05, 4.69) is 15.0 Å². The first kappa shape index (κ1) is 15.9. The molecule has 1 aliphatic rings. The molecule has 2 heterocycles. The Labute approximate surface area is 124 Å². The lowest BCUT2D eigenvalue weighted by Gasteiger charge is -2.35. The summed E-state index contributed by atoms with van der Waals surface area (Å²) in [5, 5.41) is 13.0. The summed E-state index contributed by atoms with van der Waals surface area (Å²) < 4.78 is 5.30. The highest BCUT2D eigenvalue weighted by atomic mass is 16.5. The maximum atomic E-state index is 11.0. The first-order valence-electron chi connectivity index (χ1n) is 7.29. The number of aromatic nitrogens is 2. The Hall–Kier alpha value is -1.47. The quantitative estimate of drug-likeness (QED) is 0.886. The van der Waals surface area contributed by atoms with Crippen LogP contribution >= 0.6 is 0 Å². The first-order chi connectivity index (χ1) is 9.77. The Bertz CT molecular complexity index is 487. The molecule has 7 nitrogen and oxygen atoms in total. The van der Waals surface area contributed by atoms with Crippen molar-refractivity contribution in [2.24, 2.45) is 0 Å². The molecule has 1 aromatic heterocycles. The fourth-order valence-electron chi connectivity index (χ4n) is 2.28. The molecule has 1 N–H and O–H groups in total. The Morgan fingerprint density at radius 1 is 1.33 bits per heavy atom. The van der Waals surface area contributed by atoms with E-state index in [0.29, 0.717) is 12.4 Å². The minimum absolute atomic E-state index is 0.114. The lowest BCUT2D eigenvalue weighted by molar-refractivity contribution is -0.143. The van der Waals surface area contributed by atoms with Crippen LogP contribution in [-0.2, 0) is 16.8 Å². The minimum atomic E-state index is -0.768. The van der Waals surface area contributed by atoms with Crippen LogP contribution in [0.1, 0.15) is 39.4 Å². The van der Waals surface area contributed by atoms with Crippen molar-refractivity contribution >= 4 is 5.97 Å². The molecule has 1 unspecified atom stereocenters. The molecule has 0 spiro atoms. The number of hydrogen-bond donors (Lipinski definition) is 1. The SMILES string of the molecule is CC(C(=O)O)N1CCN(Cc2nc(C(C)(C)C)no2)CC1. The normalized spacial score (nSPS) is 19.6. The molecule has 118 valence electrons. The average Bonchev–Trinajstić information content (AvgIpc) is 2.87. The highest BCUT2D eigenvalue weighted by molar-refractivity contribution is 5.72. The highest BCUT2D eigenvalue weighted by Crippen LogP contribution is 2.19. The number of rotatable bonds is 4. The second-order valence-corrected chi connectivity index (χ2v) is 6.59. The molecule has 7 heteroatoms. The van der Waals surface area contributed by atoms with Crippen molar-refractivity contribution in [3.63, 3.8) is 0 Å². The van der Waals surface area contributed by atoms with Gasteiger partial charge in [0.05, 0.1) is 6.54 Å².